The third kappa shape index (κ3) is 5.60. The van der Waals surface area contributed by atoms with E-state index in [4.69, 9.17) is 4.99 Å². The van der Waals surface area contributed by atoms with E-state index in [9.17, 15) is 8.42 Å². The van der Waals surface area contributed by atoms with Gasteiger partial charge in [-0.1, -0.05) is 31.4 Å². The Bertz CT molecular complexity index is 776. The summed E-state index contributed by atoms with van der Waals surface area (Å²) in [7, 11) is -2.00. The van der Waals surface area contributed by atoms with E-state index in [0.29, 0.717) is 12.0 Å². The van der Waals surface area contributed by atoms with Crippen LogP contribution < -0.4 is 10.0 Å². The van der Waals surface area contributed by atoms with Crippen molar-refractivity contribution in [2.45, 2.75) is 56.9 Å². The molecule has 1 saturated carbocycles. The van der Waals surface area contributed by atoms with Crippen molar-refractivity contribution in [3.63, 3.8) is 0 Å². The van der Waals surface area contributed by atoms with Crippen LogP contribution in [-0.4, -0.2) is 46.0 Å². The third-order valence-electron chi connectivity index (χ3n) is 5.88. The van der Waals surface area contributed by atoms with Gasteiger partial charge in [-0.15, -0.1) is 24.0 Å². The Morgan fingerprint density at radius 3 is 2.64 bits per heavy atom. The number of rotatable bonds is 5. The maximum Gasteiger partial charge on any atom is 0.240 e. The molecule has 8 heteroatoms. The van der Waals surface area contributed by atoms with Crippen molar-refractivity contribution in [1.29, 1.82) is 0 Å². The smallest absolute Gasteiger partial charge is 0.240 e. The predicted octanol–water partition coefficient (Wildman–Crippen LogP) is 3.33. The summed E-state index contributed by atoms with van der Waals surface area (Å²) in [5.41, 5.74) is 1.38. The number of likely N-dealkylation sites (tertiary alicyclic amines) is 1. The summed E-state index contributed by atoms with van der Waals surface area (Å²) in [4.78, 5) is 7.48. The van der Waals surface area contributed by atoms with Crippen molar-refractivity contribution in [1.82, 2.24) is 14.9 Å². The van der Waals surface area contributed by atoms with E-state index >= 15 is 0 Å². The van der Waals surface area contributed by atoms with Crippen molar-refractivity contribution in [3.05, 3.63) is 29.8 Å². The molecule has 0 unspecified atom stereocenters. The van der Waals surface area contributed by atoms with Gasteiger partial charge in [-0.05, 0) is 56.3 Å². The lowest BCUT2D eigenvalue weighted by Gasteiger charge is -2.33. The summed E-state index contributed by atoms with van der Waals surface area (Å²) in [5.74, 6) is 0.946. The zero-order valence-electron chi connectivity index (χ0n) is 16.9. The van der Waals surface area contributed by atoms with Gasteiger partial charge in [-0.25, -0.2) is 18.1 Å². The van der Waals surface area contributed by atoms with E-state index < -0.39 is 10.0 Å². The van der Waals surface area contributed by atoms with Crippen molar-refractivity contribution >= 4 is 40.0 Å². The minimum atomic E-state index is -3.43. The van der Waals surface area contributed by atoms with Crippen LogP contribution >= 0.6 is 24.0 Å². The molecule has 1 aromatic rings. The molecule has 1 saturated heterocycles. The SMILES string of the molecule is CCNC(=NCc1cccc(S(=O)(=O)NC)c1)N1CCC2(CCCCC2)C1.I. The number of sulfonamides is 1. The van der Waals surface area contributed by atoms with E-state index in [-0.39, 0.29) is 28.9 Å². The quantitative estimate of drug-likeness (QED) is 0.355. The minimum absolute atomic E-state index is 0. The molecule has 0 atom stereocenters. The number of nitrogens with one attached hydrogen (secondary N) is 2. The standard InChI is InChI=1S/C20H32N4O2S.HI/c1-3-22-19(24-13-12-20(16-24)10-5-4-6-11-20)23-15-17-8-7-9-18(14-17)27(25,26)21-2;/h7-9,14,21H,3-6,10-13,15-16H2,1-2H3,(H,22,23);1H. The maximum atomic E-state index is 12.0. The second-order valence-corrected chi connectivity index (χ2v) is 9.64. The molecular weight excluding hydrogens is 487 g/mol. The van der Waals surface area contributed by atoms with E-state index in [2.05, 4.69) is 21.9 Å². The van der Waals surface area contributed by atoms with E-state index in [0.717, 1.165) is 31.2 Å². The second kappa shape index (κ2) is 10.2. The molecule has 2 fully saturated rings. The van der Waals surface area contributed by atoms with Gasteiger partial charge in [0.15, 0.2) is 5.96 Å². The second-order valence-electron chi connectivity index (χ2n) is 7.76. The maximum absolute atomic E-state index is 12.0. The lowest BCUT2D eigenvalue weighted by molar-refractivity contribution is 0.203. The van der Waals surface area contributed by atoms with Crippen LogP contribution in [0, 0.1) is 5.41 Å². The number of benzene rings is 1. The Hall–Kier alpha value is -0.870. The highest BCUT2D eigenvalue weighted by atomic mass is 127. The fourth-order valence-corrected chi connectivity index (χ4v) is 5.15. The van der Waals surface area contributed by atoms with Gasteiger partial charge in [-0.3, -0.25) is 0 Å². The Kier molecular flexibility index (Phi) is 8.57. The molecule has 0 aromatic heterocycles. The van der Waals surface area contributed by atoms with Crippen LogP contribution in [0.3, 0.4) is 0 Å². The Morgan fingerprint density at radius 2 is 1.96 bits per heavy atom. The molecule has 6 nitrogen and oxygen atoms in total. The van der Waals surface area contributed by atoms with Crippen molar-refractivity contribution in [3.8, 4) is 0 Å². The van der Waals surface area contributed by atoms with Crippen LogP contribution in [0.25, 0.3) is 0 Å². The molecule has 1 aromatic carbocycles. The highest BCUT2D eigenvalue weighted by molar-refractivity contribution is 14.0. The molecule has 1 aliphatic heterocycles. The number of hydrogen-bond acceptors (Lipinski definition) is 3. The van der Waals surface area contributed by atoms with E-state index in [1.165, 1.54) is 45.6 Å². The summed E-state index contributed by atoms with van der Waals surface area (Å²) in [5, 5.41) is 3.42. The summed E-state index contributed by atoms with van der Waals surface area (Å²) in [6.07, 6.45) is 8.03. The topological polar surface area (TPSA) is 73.8 Å². The van der Waals surface area contributed by atoms with E-state index in [1.807, 2.05) is 6.07 Å². The molecule has 2 N–H and O–H groups in total. The number of guanidine groups is 1. The summed E-state index contributed by atoms with van der Waals surface area (Å²) < 4.78 is 26.4. The van der Waals surface area contributed by atoms with E-state index in [1.54, 1.807) is 18.2 Å². The molecule has 0 amide bonds. The number of halogens is 1. The zero-order valence-corrected chi connectivity index (χ0v) is 20.1. The molecule has 0 radical (unpaired) electrons. The first-order valence-electron chi connectivity index (χ1n) is 10.0. The van der Waals surface area contributed by atoms with Crippen LogP contribution in [0.1, 0.15) is 51.0 Å². The summed E-state index contributed by atoms with van der Waals surface area (Å²) in [6, 6.07) is 7.01. The first-order chi connectivity index (χ1) is 13.0. The van der Waals surface area contributed by atoms with Crippen molar-refractivity contribution in [2.75, 3.05) is 26.7 Å². The highest BCUT2D eigenvalue weighted by Gasteiger charge is 2.39. The average Bonchev–Trinajstić information content (AvgIpc) is 3.09. The van der Waals surface area contributed by atoms with Gasteiger partial charge in [0, 0.05) is 19.6 Å². The normalized spacial score (nSPS) is 19.5. The Morgan fingerprint density at radius 1 is 1.21 bits per heavy atom. The lowest BCUT2D eigenvalue weighted by Crippen LogP contribution is -2.41. The van der Waals surface area contributed by atoms with Gasteiger partial charge in [0.25, 0.3) is 0 Å². The molecule has 28 heavy (non-hydrogen) atoms. The number of aliphatic imine (C=N–C) groups is 1. The fourth-order valence-electron chi connectivity index (χ4n) is 4.35. The molecule has 1 spiro atoms. The fraction of sp³-hybridized carbons (Fsp3) is 0.650. The zero-order chi connectivity index (χ0) is 19.3. The highest BCUT2D eigenvalue weighted by Crippen LogP contribution is 2.43. The Balaban J connectivity index is 0.00000280. The Labute approximate surface area is 186 Å². The van der Waals surface area contributed by atoms with Gasteiger partial charge in [0.05, 0.1) is 11.4 Å². The van der Waals surface area contributed by atoms with Gasteiger partial charge < -0.3 is 10.2 Å². The first kappa shape index (κ1) is 23.4. The minimum Gasteiger partial charge on any atom is -0.357 e. The van der Waals surface area contributed by atoms with Crippen molar-refractivity contribution in [2.24, 2.45) is 10.4 Å². The first-order valence-corrected chi connectivity index (χ1v) is 11.5. The molecule has 1 aliphatic carbocycles. The van der Waals surface area contributed by atoms with Gasteiger partial charge in [0.1, 0.15) is 0 Å². The number of nitrogens with zero attached hydrogens (tertiary/aromatic N) is 2. The van der Waals surface area contributed by atoms with Crippen molar-refractivity contribution < 1.29 is 8.42 Å². The van der Waals surface area contributed by atoms with Crippen LogP contribution in [-0.2, 0) is 16.6 Å². The largest absolute Gasteiger partial charge is 0.357 e. The summed E-state index contributed by atoms with van der Waals surface area (Å²) >= 11 is 0. The van der Waals surface area contributed by atoms with Gasteiger partial charge in [0.2, 0.25) is 10.0 Å². The predicted molar refractivity (Wildman–Crippen MR) is 125 cm³/mol. The lowest BCUT2D eigenvalue weighted by atomic mass is 9.73. The van der Waals surface area contributed by atoms with Crippen LogP contribution in [0.5, 0.6) is 0 Å². The molecule has 2 aliphatic rings. The monoisotopic (exact) mass is 520 g/mol. The third-order valence-corrected chi connectivity index (χ3v) is 7.29. The van der Waals surface area contributed by atoms with Crippen LogP contribution in [0.15, 0.2) is 34.2 Å². The number of hydrogen-bond donors (Lipinski definition) is 2. The van der Waals surface area contributed by atoms with Gasteiger partial charge in [-0.2, -0.15) is 0 Å². The molecule has 158 valence electrons. The average molecular weight is 520 g/mol. The molecule has 0 bridgehead atoms. The molecular formula is C20H33IN4O2S. The summed E-state index contributed by atoms with van der Waals surface area (Å²) in [6.45, 7) is 5.53. The van der Waals surface area contributed by atoms with Gasteiger partial charge >= 0.3 is 0 Å². The molecule has 1 heterocycles. The van der Waals surface area contributed by atoms with Crippen LogP contribution in [0.4, 0.5) is 0 Å². The molecule has 3 rings (SSSR count). The van der Waals surface area contributed by atoms with Crippen LogP contribution in [0.2, 0.25) is 0 Å².